The molecule has 0 saturated heterocycles. The van der Waals surface area contributed by atoms with Gasteiger partial charge in [-0.3, -0.25) is 9.59 Å². The van der Waals surface area contributed by atoms with Crippen molar-refractivity contribution in [3.8, 4) is 0 Å². The Morgan fingerprint density at radius 2 is 1.79 bits per heavy atom. The van der Waals surface area contributed by atoms with Crippen molar-refractivity contribution >= 4 is 22.8 Å². The van der Waals surface area contributed by atoms with Crippen LogP contribution in [0.2, 0.25) is 0 Å². The number of carbonyl (C=O) groups is 2. The van der Waals surface area contributed by atoms with E-state index in [2.05, 4.69) is 12.2 Å². The lowest BCUT2D eigenvalue weighted by Gasteiger charge is -2.55. The third kappa shape index (κ3) is 4.41. The van der Waals surface area contributed by atoms with E-state index < -0.39 is 0 Å². The lowest BCUT2D eigenvalue weighted by molar-refractivity contribution is -0.146. The maximum atomic E-state index is 13.3. The van der Waals surface area contributed by atoms with E-state index in [0.29, 0.717) is 19.5 Å². The summed E-state index contributed by atoms with van der Waals surface area (Å²) >= 11 is 0. The average molecular weight is 451 g/mol. The number of carbonyl (C=O) groups excluding carboxylic acids is 2. The number of imidazole rings is 1. The molecule has 4 aliphatic rings. The standard InChI is InChI=1S/C27H38N4O2/c1-3-4-11-30(2)25(32)18-31-23-8-6-5-7-22(23)29-24(31)9-10-28-26(33)27-15-19-12-20(16-27)14-21(13-19)17-27/h5-8,19-21H,3-4,9-18H2,1-2H3,(H,28,33). The van der Waals surface area contributed by atoms with Crippen LogP contribution in [0.25, 0.3) is 11.0 Å². The van der Waals surface area contributed by atoms with Gasteiger partial charge in [-0.2, -0.15) is 0 Å². The van der Waals surface area contributed by atoms with Crippen LogP contribution in [0.5, 0.6) is 0 Å². The van der Waals surface area contributed by atoms with E-state index in [0.717, 1.165) is 73.3 Å². The highest BCUT2D eigenvalue weighted by Crippen LogP contribution is 2.60. The molecule has 33 heavy (non-hydrogen) atoms. The van der Waals surface area contributed by atoms with Gasteiger partial charge in [0.25, 0.3) is 0 Å². The van der Waals surface area contributed by atoms with Crippen molar-refractivity contribution in [2.24, 2.45) is 23.2 Å². The number of unbranched alkanes of at least 4 members (excludes halogenated alkanes) is 1. The zero-order chi connectivity index (χ0) is 23.0. The van der Waals surface area contributed by atoms with Gasteiger partial charge in [-0.1, -0.05) is 25.5 Å². The lowest BCUT2D eigenvalue weighted by Crippen LogP contribution is -2.53. The fraction of sp³-hybridized carbons (Fsp3) is 0.667. The van der Waals surface area contributed by atoms with Gasteiger partial charge < -0.3 is 14.8 Å². The maximum Gasteiger partial charge on any atom is 0.242 e. The topological polar surface area (TPSA) is 67.2 Å². The van der Waals surface area contributed by atoms with Gasteiger partial charge in [-0.15, -0.1) is 0 Å². The Balaban J connectivity index is 1.26. The van der Waals surface area contributed by atoms with E-state index in [4.69, 9.17) is 4.98 Å². The molecule has 0 aliphatic heterocycles. The van der Waals surface area contributed by atoms with Gasteiger partial charge >= 0.3 is 0 Å². The minimum atomic E-state index is -0.118. The number of rotatable bonds is 9. The Morgan fingerprint density at radius 1 is 1.12 bits per heavy atom. The van der Waals surface area contributed by atoms with Crippen LogP contribution in [0.4, 0.5) is 0 Å². The van der Waals surface area contributed by atoms with E-state index in [-0.39, 0.29) is 17.2 Å². The number of benzene rings is 1. The number of nitrogens with one attached hydrogen (secondary N) is 1. The van der Waals surface area contributed by atoms with Gasteiger partial charge in [-0.05, 0) is 74.8 Å². The molecule has 4 bridgehead atoms. The van der Waals surface area contributed by atoms with Gasteiger partial charge in [-0.25, -0.2) is 4.98 Å². The van der Waals surface area contributed by atoms with E-state index in [1.807, 2.05) is 40.8 Å². The SMILES string of the molecule is CCCCN(C)C(=O)Cn1c(CCNC(=O)C23CC4CC(CC(C4)C2)C3)nc2ccccc21. The third-order valence-electron chi connectivity index (χ3n) is 8.45. The van der Waals surface area contributed by atoms with Crippen LogP contribution in [0.15, 0.2) is 24.3 Å². The number of likely N-dealkylation sites (N-methyl/N-ethyl adjacent to an activating group) is 1. The summed E-state index contributed by atoms with van der Waals surface area (Å²) in [6, 6.07) is 7.99. The molecule has 6 nitrogen and oxygen atoms in total. The zero-order valence-electron chi connectivity index (χ0n) is 20.2. The van der Waals surface area contributed by atoms with Crippen molar-refractivity contribution in [2.45, 2.75) is 71.3 Å². The molecule has 178 valence electrons. The molecule has 1 aromatic carbocycles. The molecule has 0 atom stereocenters. The summed E-state index contributed by atoms with van der Waals surface area (Å²) in [4.78, 5) is 32.8. The smallest absolute Gasteiger partial charge is 0.242 e. The highest BCUT2D eigenvalue weighted by molar-refractivity contribution is 5.83. The summed E-state index contributed by atoms with van der Waals surface area (Å²) in [6.45, 7) is 3.78. The fourth-order valence-electron chi connectivity index (χ4n) is 7.13. The quantitative estimate of drug-likeness (QED) is 0.623. The van der Waals surface area contributed by atoms with E-state index in [1.54, 1.807) is 0 Å². The number of nitrogens with zero attached hydrogens (tertiary/aromatic N) is 3. The van der Waals surface area contributed by atoms with Gasteiger partial charge in [0.15, 0.2) is 0 Å². The van der Waals surface area contributed by atoms with Crippen LogP contribution in [-0.4, -0.2) is 46.4 Å². The Hall–Kier alpha value is -2.37. The van der Waals surface area contributed by atoms with Crippen molar-refractivity contribution in [3.63, 3.8) is 0 Å². The van der Waals surface area contributed by atoms with Crippen molar-refractivity contribution in [3.05, 3.63) is 30.1 Å². The summed E-state index contributed by atoms with van der Waals surface area (Å²) in [7, 11) is 1.88. The molecule has 4 saturated carbocycles. The predicted molar refractivity (Wildman–Crippen MR) is 130 cm³/mol. The summed E-state index contributed by atoms with van der Waals surface area (Å²) in [5, 5.41) is 3.28. The molecular formula is C27H38N4O2. The first kappa shape index (κ1) is 22.4. The maximum absolute atomic E-state index is 13.3. The van der Waals surface area contributed by atoms with Crippen LogP contribution < -0.4 is 5.32 Å². The normalized spacial score (nSPS) is 27.8. The van der Waals surface area contributed by atoms with Crippen LogP contribution >= 0.6 is 0 Å². The Labute approximate surface area is 197 Å². The number of hydrogen-bond donors (Lipinski definition) is 1. The number of para-hydroxylation sites is 2. The molecular weight excluding hydrogens is 412 g/mol. The van der Waals surface area contributed by atoms with Crippen molar-refractivity contribution < 1.29 is 9.59 Å². The summed E-state index contributed by atoms with van der Waals surface area (Å²) in [6.07, 6.45) is 10.0. The third-order valence-corrected chi connectivity index (χ3v) is 8.45. The van der Waals surface area contributed by atoms with Crippen LogP contribution in [-0.2, 0) is 22.6 Å². The molecule has 0 spiro atoms. The highest BCUT2D eigenvalue weighted by atomic mass is 16.2. The molecule has 6 rings (SSSR count). The summed E-state index contributed by atoms with van der Waals surface area (Å²) in [5.41, 5.74) is 1.77. The second-order valence-electron chi connectivity index (χ2n) is 11.0. The molecule has 2 aromatic rings. The van der Waals surface area contributed by atoms with Gasteiger partial charge in [0.2, 0.25) is 11.8 Å². The largest absolute Gasteiger partial charge is 0.355 e. The van der Waals surface area contributed by atoms with Crippen LogP contribution in [0, 0.1) is 23.2 Å². The summed E-state index contributed by atoms with van der Waals surface area (Å²) in [5.74, 6) is 3.54. The monoisotopic (exact) mass is 450 g/mol. The first-order valence-electron chi connectivity index (χ1n) is 12.9. The number of fused-ring (bicyclic) bond motifs is 1. The molecule has 2 amide bonds. The first-order valence-corrected chi connectivity index (χ1v) is 12.9. The Bertz CT molecular complexity index is 991. The predicted octanol–water partition coefficient (Wildman–Crippen LogP) is 4.17. The minimum absolute atomic E-state index is 0.102. The van der Waals surface area contributed by atoms with Crippen molar-refractivity contribution in [2.75, 3.05) is 20.1 Å². The number of hydrogen-bond acceptors (Lipinski definition) is 3. The fourth-order valence-corrected chi connectivity index (χ4v) is 7.13. The Morgan fingerprint density at radius 3 is 2.45 bits per heavy atom. The number of amides is 2. The molecule has 1 heterocycles. The van der Waals surface area contributed by atoms with Crippen molar-refractivity contribution in [1.82, 2.24) is 19.8 Å². The summed E-state index contributed by atoms with van der Waals surface area (Å²) < 4.78 is 2.04. The van der Waals surface area contributed by atoms with Gasteiger partial charge in [0.1, 0.15) is 12.4 Å². The molecule has 6 heteroatoms. The van der Waals surface area contributed by atoms with Gasteiger partial charge in [0.05, 0.1) is 11.0 Å². The second-order valence-corrected chi connectivity index (χ2v) is 11.0. The van der Waals surface area contributed by atoms with Gasteiger partial charge in [0, 0.05) is 32.0 Å². The van der Waals surface area contributed by atoms with E-state index >= 15 is 0 Å². The van der Waals surface area contributed by atoms with E-state index in [9.17, 15) is 9.59 Å². The minimum Gasteiger partial charge on any atom is -0.355 e. The van der Waals surface area contributed by atoms with Crippen LogP contribution in [0.1, 0.15) is 64.1 Å². The van der Waals surface area contributed by atoms with Crippen LogP contribution in [0.3, 0.4) is 0 Å². The molecule has 4 aliphatic carbocycles. The molecule has 1 aromatic heterocycles. The zero-order valence-corrected chi connectivity index (χ0v) is 20.2. The number of aromatic nitrogens is 2. The highest BCUT2D eigenvalue weighted by Gasteiger charge is 2.54. The van der Waals surface area contributed by atoms with Crippen molar-refractivity contribution in [1.29, 1.82) is 0 Å². The molecule has 4 fully saturated rings. The lowest BCUT2D eigenvalue weighted by atomic mass is 9.49. The first-order chi connectivity index (χ1) is 16.0. The molecule has 0 unspecified atom stereocenters. The Kier molecular flexibility index (Phi) is 6.19. The van der Waals surface area contributed by atoms with E-state index in [1.165, 1.54) is 19.3 Å². The molecule has 0 radical (unpaired) electrons. The average Bonchev–Trinajstić information content (AvgIpc) is 3.13. The molecule has 1 N–H and O–H groups in total. The second kappa shape index (κ2) is 9.11.